The minimum absolute atomic E-state index is 0.0954. The van der Waals surface area contributed by atoms with Crippen LogP contribution in [0, 0.1) is 5.41 Å². The van der Waals surface area contributed by atoms with Gasteiger partial charge in [-0.05, 0) is 43.4 Å². The van der Waals surface area contributed by atoms with Gasteiger partial charge in [0.2, 0.25) is 11.8 Å². The number of imidazole rings is 1. The Hall–Kier alpha value is -2.70. The Morgan fingerprint density at radius 2 is 2.00 bits per heavy atom. The molecule has 2 amide bonds. The highest BCUT2D eigenvalue weighted by Crippen LogP contribution is 2.47. The zero-order chi connectivity index (χ0) is 18.1. The summed E-state index contributed by atoms with van der Waals surface area (Å²) in [5, 5.41) is 0. The van der Waals surface area contributed by atoms with E-state index in [-0.39, 0.29) is 11.8 Å². The van der Waals surface area contributed by atoms with E-state index in [0.717, 1.165) is 30.8 Å². The van der Waals surface area contributed by atoms with Crippen LogP contribution in [0.3, 0.4) is 0 Å². The van der Waals surface area contributed by atoms with Gasteiger partial charge in [0.1, 0.15) is 11.2 Å². The third kappa shape index (κ3) is 2.98. The summed E-state index contributed by atoms with van der Waals surface area (Å²) in [4.78, 5) is 34.9. The smallest absolute Gasteiger partial charge is 0.238 e. The lowest BCUT2D eigenvalue weighted by molar-refractivity contribution is -0.144. The van der Waals surface area contributed by atoms with Crippen molar-refractivity contribution in [2.24, 2.45) is 11.1 Å². The first-order valence-corrected chi connectivity index (χ1v) is 9.09. The lowest BCUT2D eigenvalue weighted by atomic mass is 9.94. The summed E-state index contributed by atoms with van der Waals surface area (Å²) in [5.74, 6) is 0.585. The fraction of sp³-hybridized carbons (Fsp3) is 0.474. The second-order valence-corrected chi connectivity index (χ2v) is 7.31. The SMILES string of the molecule is NC(=O)C1(C(=O)N2CCCC(c3nccn3Cc3ccncc3)C2)CC1. The molecule has 0 radical (unpaired) electrons. The van der Waals surface area contributed by atoms with Crippen LogP contribution in [0.4, 0.5) is 0 Å². The molecule has 1 atom stereocenters. The van der Waals surface area contributed by atoms with Gasteiger partial charge < -0.3 is 15.2 Å². The topological polar surface area (TPSA) is 94.1 Å². The van der Waals surface area contributed by atoms with Crippen LogP contribution < -0.4 is 5.73 Å². The van der Waals surface area contributed by atoms with Crippen LogP contribution in [-0.4, -0.2) is 44.3 Å². The van der Waals surface area contributed by atoms with Crippen LogP contribution in [0.1, 0.15) is 43.0 Å². The Morgan fingerprint density at radius 1 is 1.23 bits per heavy atom. The van der Waals surface area contributed by atoms with Gasteiger partial charge in [-0.15, -0.1) is 0 Å². The van der Waals surface area contributed by atoms with Crippen molar-refractivity contribution in [2.75, 3.05) is 13.1 Å². The molecule has 4 rings (SSSR count). The van der Waals surface area contributed by atoms with E-state index in [4.69, 9.17) is 5.73 Å². The summed E-state index contributed by atoms with van der Waals surface area (Å²) >= 11 is 0. The molecule has 7 nitrogen and oxygen atoms in total. The monoisotopic (exact) mass is 353 g/mol. The van der Waals surface area contributed by atoms with Gasteiger partial charge in [0.15, 0.2) is 0 Å². The molecule has 1 aliphatic carbocycles. The van der Waals surface area contributed by atoms with Crippen molar-refractivity contribution in [2.45, 2.75) is 38.1 Å². The molecule has 1 saturated carbocycles. The number of nitrogens with two attached hydrogens (primary N) is 1. The highest BCUT2D eigenvalue weighted by Gasteiger charge is 2.57. The number of pyridine rings is 1. The van der Waals surface area contributed by atoms with Crippen molar-refractivity contribution in [1.29, 1.82) is 0 Å². The van der Waals surface area contributed by atoms with E-state index in [0.29, 0.717) is 25.9 Å². The maximum Gasteiger partial charge on any atom is 0.238 e. The number of rotatable bonds is 5. The molecule has 0 spiro atoms. The number of carbonyl (C=O) groups excluding carboxylic acids is 2. The second kappa shape index (κ2) is 6.55. The first-order valence-electron chi connectivity index (χ1n) is 9.09. The summed E-state index contributed by atoms with van der Waals surface area (Å²) in [6, 6.07) is 3.98. The largest absolute Gasteiger partial charge is 0.369 e. The molecule has 7 heteroatoms. The molecule has 1 unspecified atom stereocenters. The Labute approximate surface area is 152 Å². The molecular weight excluding hydrogens is 330 g/mol. The molecule has 2 aliphatic rings. The van der Waals surface area contributed by atoms with E-state index in [2.05, 4.69) is 14.5 Å². The zero-order valence-electron chi connectivity index (χ0n) is 14.7. The number of likely N-dealkylation sites (tertiary alicyclic amines) is 1. The van der Waals surface area contributed by atoms with E-state index in [1.807, 2.05) is 29.4 Å². The molecule has 2 N–H and O–H groups in total. The van der Waals surface area contributed by atoms with Gasteiger partial charge in [0, 0.05) is 50.3 Å². The number of hydrogen-bond donors (Lipinski definition) is 1. The van der Waals surface area contributed by atoms with Crippen LogP contribution in [0.15, 0.2) is 36.9 Å². The molecule has 1 aliphatic heterocycles. The number of aromatic nitrogens is 3. The molecule has 136 valence electrons. The maximum atomic E-state index is 12.8. The predicted molar refractivity (Wildman–Crippen MR) is 95.0 cm³/mol. The number of hydrogen-bond acceptors (Lipinski definition) is 4. The Kier molecular flexibility index (Phi) is 4.22. The normalized spacial score (nSPS) is 21.4. The summed E-state index contributed by atoms with van der Waals surface area (Å²) < 4.78 is 2.13. The summed E-state index contributed by atoms with van der Waals surface area (Å²) in [6.07, 6.45) is 10.4. The van der Waals surface area contributed by atoms with Gasteiger partial charge >= 0.3 is 0 Å². The highest BCUT2D eigenvalue weighted by molar-refractivity contribution is 6.07. The average Bonchev–Trinajstić information content (AvgIpc) is 3.36. The molecule has 2 fully saturated rings. The molecule has 0 aromatic carbocycles. The van der Waals surface area contributed by atoms with Crippen LogP contribution >= 0.6 is 0 Å². The van der Waals surface area contributed by atoms with Gasteiger partial charge in [0.05, 0.1) is 0 Å². The van der Waals surface area contributed by atoms with Crippen molar-refractivity contribution >= 4 is 11.8 Å². The van der Waals surface area contributed by atoms with Gasteiger partial charge in [-0.3, -0.25) is 14.6 Å². The van der Waals surface area contributed by atoms with E-state index in [9.17, 15) is 9.59 Å². The lowest BCUT2D eigenvalue weighted by Crippen LogP contribution is -2.47. The molecule has 2 aromatic rings. The molecule has 1 saturated heterocycles. The standard InChI is InChI=1S/C19H23N5O2/c20-17(25)19(5-6-19)18(26)24-10-1-2-15(13-24)16-22-9-11-23(16)12-14-3-7-21-8-4-14/h3-4,7-9,11,15H,1-2,5-6,10,12-13H2,(H2,20,25). The number of piperidine rings is 1. The van der Waals surface area contributed by atoms with Gasteiger partial charge in [-0.2, -0.15) is 0 Å². The maximum absolute atomic E-state index is 12.8. The average molecular weight is 353 g/mol. The Morgan fingerprint density at radius 3 is 2.69 bits per heavy atom. The van der Waals surface area contributed by atoms with Gasteiger partial charge in [-0.25, -0.2) is 4.98 Å². The third-order valence-electron chi connectivity index (χ3n) is 5.55. The Bertz CT molecular complexity index is 812. The summed E-state index contributed by atoms with van der Waals surface area (Å²) in [6.45, 7) is 2.02. The minimum Gasteiger partial charge on any atom is -0.369 e. The lowest BCUT2D eigenvalue weighted by Gasteiger charge is -2.34. The minimum atomic E-state index is -0.936. The zero-order valence-corrected chi connectivity index (χ0v) is 14.7. The number of carbonyl (C=O) groups is 2. The fourth-order valence-electron chi connectivity index (χ4n) is 3.86. The number of nitrogens with zero attached hydrogens (tertiary/aromatic N) is 4. The fourth-order valence-corrected chi connectivity index (χ4v) is 3.86. The highest BCUT2D eigenvalue weighted by atomic mass is 16.2. The predicted octanol–water partition coefficient (Wildman–Crippen LogP) is 1.30. The van der Waals surface area contributed by atoms with Crippen molar-refractivity contribution in [1.82, 2.24) is 19.4 Å². The van der Waals surface area contributed by atoms with E-state index in [1.165, 1.54) is 0 Å². The van der Waals surface area contributed by atoms with Crippen LogP contribution in [-0.2, 0) is 16.1 Å². The number of amides is 2. The molecule has 2 aromatic heterocycles. The summed E-state index contributed by atoms with van der Waals surface area (Å²) in [5.41, 5.74) is 5.70. The van der Waals surface area contributed by atoms with Crippen LogP contribution in [0.5, 0.6) is 0 Å². The third-order valence-corrected chi connectivity index (χ3v) is 5.55. The quantitative estimate of drug-likeness (QED) is 0.820. The molecule has 3 heterocycles. The van der Waals surface area contributed by atoms with Gasteiger partial charge in [-0.1, -0.05) is 0 Å². The van der Waals surface area contributed by atoms with E-state index < -0.39 is 11.3 Å². The van der Waals surface area contributed by atoms with Crippen molar-refractivity contribution in [3.8, 4) is 0 Å². The van der Waals surface area contributed by atoms with Crippen molar-refractivity contribution in [3.05, 3.63) is 48.3 Å². The molecule has 26 heavy (non-hydrogen) atoms. The van der Waals surface area contributed by atoms with Crippen molar-refractivity contribution in [3.63, 3.8) is 0 Å². The Balaban J connectivity index is 1.50. The van der Waals surface area contributed by atoms with Gasteiger partial charge in [0.25, 0.3) is 0 Å². The van der Waals surface area contributed by atoms with Crippen LogP contribution in [0.25, 0.3) is 0 Å². The summed E-state index contributed by atoms with van der Waals surface area (Å²) in [7, 11) is 0. The van der Waals surface area contributed by atoms with Crippen LogP contribution in [0.2, 0.25) is 0 Å². The van der Waals surface area contributed by atoms with E-state index in [1.54, 1.807) is 12.4 Å². The van der Waals surface area contributed by atoms with E-state index >= 15 is 0 Å². The molecule has 0 bridgehead atoms. The molecular formula is C19H23N5O2. The van der Waals surface area contributed by atoms with Crippen molar-refractivity contribution < 1.29 is 9.59 Å². The first kappa shape index (κ1) is 16.8. The number of primary amides is 1. The second-order valence-electron chi connectivity index (χ2n) is 7.31. The first-order chi connectivity index (χ1) is 12.6.